The van der Waals surface area contributed by atoms with Gasteiger partial charge in [-0.2, -0.15) is 4.21 Å². The maximum absolute atomic E-state index is 12.0. The number of methoxy groups -OCH3 is 1. The Hall–Kier alpha value is -3.38. The fourth-order valence-corrected chi connectivity index (χ4v) is 4.63. The zero-order valence-corrected chi connectivity index (χ0v) is 26.2. The van der Waals surface area contributed by atoms with Crippen molar-refractivity contribution in [3.63, 3.8) is 0 Å². The number of benzene rings is 3. The molecule has 4 rings (SSSR count). The summed E-state index contributed by atoms with van der Waals surface area (Å²) in [4.78, 5) is 27.5. The smallest absolute Gasteiger partial charge is 0.329 e. The fourth-order valence-electron chi connectivity index (χ4n) is 3.60. The van der Waals surface area contributed by atoms with Gasteiger partial charge in [-0.15, -0.1) is 11.8 Å². The minimum absolute atomic E-state index is 0.308. The predicted octanol–water partition coefficient (Wildman–Crippen LogP) is 5.34. The molecule has 1 aliphatic rings. The molecule has 3 aromatic rings. The van der Waals surface area contributed by atoms with Crippen molar-refractivity contribution < 1.29 is 27.5 Å². The van der Waals surface area contributed by atoms with E-state index in [-0.39, 0.29) is 11.9 Å². The molecule has 0 bridgehead atoms. The van der Waals surface area contributed by atoms with Crippen LogP contribution in [-0.2, 0) is 27.3 Å². The first-order valence-electron chi connectivity index (χ1n) is 12.9. The molecule has 1 N–H and O–H groups in total. The number of carbonyl (C=O) groups is 2. The summed E-state index contributed by atoms with van der Waals surface area (Å²) in [5.41, 5.74) is 3.39. The highest BCUT2D eigenvalue weighted by Gasteiger charge is 2.43. The number of rotatable bonds is 9. The van der Waals surface area contributed by atoms with Gasteiger partial charge >= 0.3 is 6.03 Å². The number of carbonyl (C=O) groups excluding carboxylic acids is 2. The molecule has 1 saturated heterocycles. The third kappa shape index (κ3) is 10.5. The SMILES string of the molecule is CCOC1C(=O)N(C)C(=O)N1Cc1ccccc1.CNS(=O)Oc1ccc(C)cc1.COc1ccc(C)cc1SC. The van der Waals surface area contributed by atoms with Gasteiger partial charge in [0.2, 0.25) is 6.23 Å². The van der Waals surface area contributed by atoms with Crippen LogP contribution in [0.25, 0.3) is 0 Å². The molecule has 3 amide bonds. The molecular formula is C30H39N3O6S2. The van der Waals surface area contributed by atoms with Crippen LogP contribution in [0, 0.1) is 13.8 Å². The van der Waals surface area contributed by atoms with Crippen LogP contribution < -0.4 is 13.6 Å². The Morgan fingerprint density at radius 1 is 0.976 bits per heavy atom. The second-order valence-corrected chi connectivity index (χ2v) is 10.7. The van der Waals surface area contributed by atoms with Crippen LogP contribution in [-0.4, -0.2) is 66.2 Å². The molecule has 41 heavy (non-hydrogen) atoms. The van der Waals surface area contributed by atoms with E-state index >= 15 is 0 Å². The molecule has 2 unspecified atom stereocenters. The Bertz CT molecular complexity index is 1270. The first-order valence-corrected chi connectivity index (χ1v) is 15.2. The van der Waals surface area contributed by atoms with Gasteiger partial charge in [0.25, 0.3) is 17.2 Å². The van der Waals surface area contributed by atoms with Crippen molar-refractivity contribution in [1.82, 2.24) is 14.5 Å². The van der Waals surface area contributed by atoms with Gasteiger partial charge in [-0.3, -0.25) is 14.6 Å². The lowest BCUT2D eigenvalue weighted by Gasteiger charge is -2.21. The van der Waals surface area contributed by atoms with E-state index in [2.05, 4.69) is 30.0 Å². The number of nitrogens with one attached hydrogen (secondary N) is 1. The molecule has 1 heterocycles. The molecule has 1 aliphatic heterocycles. The van der Waals surface area contributed by atoms with Gasteiger partial charge in [0, 0.05) is 18.6 Å². The molecular weight excluding hydrogens is 562 g/mol. The number of nitrogens with zero attached hydrogens (tertiary/aromatic N) is 2. The standard InChI is InChI=1S/C13H16N2O3.C9H12OS.C8H11NO2S/c1-3-18-12-11(16)14(2)13(17)15(12)9-10-7-5-4-6-8-10;1-7-4-5-8(10-2)9(6-7)11-3;1-7-3-5-8(6-4-7)11-12(10)9-2/h4-8,12H,3,9H2,1-2H3;4-6H,1-3H3;3-6,9H,1-2H3. The first-order chi connectivity index (χ1) is 19.6. The van der Waals surface area contributed by atoms with E-state index in [1.807, 2.05) is 55.5 Å². The maximum atomic E-state index is 12.0. The van der Waals surface area contributed by atoms with Gasteiger partial charge in [0.15, 0.2) is 0 Å². The fraction of sp³-hybridized carbons (Fsp3) is 0.333. The number of aryl methyl sites for hydroxylation is 2. The zero-order valence-electron chi connectivity index (χ0n) is 24.6. The van der Waals surface area contributed by atoms with Crippen molar-refractivity contribution in [2.45, 2.75) is 38.4 Å². The van der Waals surface area contributed by atoms with Crippen LogP contribution in [0.15, 0.2) is 77.7 Å². The third-order valence-electron chi connectivity index (χ3n) is 5.78. The van der Waals surface area contributed by atoms with E-state index in [0.29, 0.717) is 18.9 Å². The molecule has 9 nitrogen and oxygen atoms in total. The van der Waals surface area contributed by atoms with Crippen LogP contribution in [0.2, 0.25) is 0 Å². The summed E-state index contributed by atoms with van der Waals surface area (Å²) in [5, 5.41) is 0. The van der Waals surface area contributed by atoms with E-state index in [4.69, 9.17) is 13.7 Å². The van der Waals surface area contributed by atoms with Crippen molar-refractivity contribution in [3.05, 3.63) is 89.5 Å². The molecule has 2 atom stereocenters. The topological polar surface area (TPSA) is 97.4 Å². The quantitative estimate of drug-likeness (QED) is 0.261. The summed E-state index contributed by atoms with van der Waals surface area (Å²) >= 11 is 0.275. The number of hydrogen-bond acceptors (Lipinski definition) is 7. The minimum Gasteiger partial charge on any atom is -0.496 e. The first kappa shape index (κ1) is 33.8. The average Bonchev–Trinajstić information content (AvgIpc) is 3.18. The molecule has 11 heteroatoms. The summed E-state index contributed by atoms with van der Waals surface area (Å²) < 4.78 is 28.8. The number of thioether (sulfide) groups is 1. The molecule has 0 radical (unpaired) electrons. The highest BCUT2D eigenvalue weighted by molar-refractivity contribution is 7.98. The number of amides is 3. The number of ether oxygens (including phenoxy) is 2. The second-order valence-electron chi connectivity index (χ2n) is 8.79. The second kappa shape index (κ2) is 17.4. The van der Waals surface area contributed by atoms with Crippen LogP contribution >= 0.6 is 11.8 Å². The van der Waals surface area contributed by atoms with Crippen molar-refractivity contribution in [1.29, 1.82) is 0 Å². The molecule has 0 saturated carbocycles. The highest BCUT2D eigenvalue weighted by Crippen LogP contribution is 2.27. The van der Waals surface area contributed by atoms with E-state index < -0.39 is 17.5 Å². The summed E-state index contributed by atoms with van der Waals surface area (Å²) in [6, 6.07) is 22.8. The van der Waals surface area contributed by atoms with E-state index in [1.165, 1.54) is 22.4 Å². The summed E-state index contributed by atoms with van der Waals surface area (Å²) in [7, 11) is 4.75. The lowest BCUT2D eigenvalue weighted by atomic mass is 10.2. The van der Waals surface area contributed by atoms with Gasteiger partial charge in [-0.25, -0.2) is 9.52 Å². The maximum Gasteiger partial charge on any atom is 0.329 e. The molecule has 0 spiro atoms. The molecule has 0 aromatic heterocycles. The number of imide groups is 1. The van der Waals surface area contributed by atoms with E-state index in [1.54, 1.807) is 45.0 Å². The molecule has 222 valence electrons. The van der Waals surface area contributed by atoms with Crippen LogP contribution in [0.5, 0.6) is 11.5 Å². The largest absolute Gasteiger partial charge is 0.496 e. The predicted molar refractivity (Wildman–Crippen MR) is 164 cm³/mol. The molecule has 1 fully saturated rings. The van der Waals surface area contributed by atoms with Crippen molar-refractivity contribution in [3.8, 4) is 11.5 Å². The normalized spacial score (nSPS) is 15.0. The third-order valence-corrected chi connectivity index (χ3v) is 7.21. The van der Waals surface area contributed by atoms with E-state index in [0.717, 1.165) is 21.8 Å². The Morgan fingerprint density at radius 2 is 1.61 bits per heavy atom. The average molecular weight is 602 g/mol. The van der Waals surface area contributed by atoms with Gasteiger partial charge in [0.1, 0.15) is 11.5 Å². The summed E-state index contributed by atoms with van der Waals surface area (Å²) in [6.07, 6.45) is 1.25. The van der Waals surface area contributed by atoms with Crippen LogP contribution in [0.4, 0.5) is 4.79 Å². The van der Waals surface area contributed by atoms with Crippen LogP contribution in [0.3, 0.4) is 0 Å². The minimum atomic E-state index is -1.43. The number of hydrogen-bond donors (Lipinski definition) is 1. The van der Waals surface area contributed by atoms with Gasteiger partial charge < -0.3 is 13.7 Å². The van der Waals surface area contributed by atoms with Gasteiger partial charge in [0.05, 0.1) is 13.7 Å². The zero-order chi connectivity index (χ0) is 30.4. The van der Waals surface area contributed by atoms with Gasteiger partial charge in [-0.1, -0.05) is 54.1 Å². The number of likely N-dealkylation sites (N-methyl/N-ethyl adjacent to an activating group) is 1. The molecule has 0 aliphatic carbocycles. The Labute approximate surface area is 250 Å². The van der Waals surface area contributed by atoms with Crippen molar-refractivity contribution in [2.24, 2.45) is 0 Å². The van der Waals surface area contributed by atoms with E-state index in [9.17, 15) is 13.8 Å². The Kier molecular flexibility index (Phi) is 14.4. The highest BCUT2D eigenvalue weighted by atomic mass is 32.2. The molecule has 3 aromatic carbocycles. The van der Waals surface area contributed by atoms with Gasteiger partial charge in [-0.05, 0) is 69.5 Å². The Morgan fingerprint density at radius 3 is 2.17 bits per heavy atom. The number of urea groups is 1. The Balaban J connectivity index is 0.000000225. The monoisotopic (exact) mass is 601 g/mol. The lowest BCUT2D eigenvalue weighted by molar-refractivity contribution is -0.141. The summed E-state index contributed by atoms with van der Waals surface area (Å²) in [5.74, 6) is 1.26. The van der Waals surface area contributed by atoms with Crippen LogP contribution in [0.1, 0.15) is 23.6 Å². The lowest BCUT2D eigenvalue weighted by Crippen LogP contribution is -2.36. The van der Waals surface area contributed by atoms with Crippen molar-refractivity contribution >= 4 is 35.0 Å². The summed E-state index contributed by atoms with van der Waals surface area (Å²) in [6.45, 7) is 6.64. The van der Waals surface area contributed by atoms with Crippen molar-refractivity contribution in [2.75, 3.05) is 34.1 Å².